The van der Waals surface area contributed by atoms with Gasteiger partial charge in [0, 0.05) is 37.0 Å². The van der Waals surface area contributed by atoms with Crippen molar-refractivity contribution < 1.29 is 17.6 Å². The molecule has 3 aromatic rings. The molecule has 1 fully saturated rings. The quantitative estimate of drug-likeness (QED) is 0.520. The predicted octanol–water partition coefficient (Wildman–Crippen LogP) is 3.74. The molecule has 1 saturated heterocycles. The molecule has 4 rings (SSSR count). The zero-order chi connectivity index (χ0) is 24.3. The Kier molecular flexibility index (Phi) is 6.95. The van der Waals surface area contributed by atoms with E-state index in [4.69, 9.17) is 0 Å². The van der Waals surface area contributed by atoms with Gasteiger partial charge >= 0.3 is 0 Å². The SMILES string of the molecule is Cc1nn(-c2ccc(F)cc2)c(C)c1C=CC(=O)NCc1ccc(S(=O)(=O)N2CCCC2)cc1. The molecule has 178 valence electrons. The third kappa shape index (κ3) is 5.10. The van der Waals surface area contributed by atoms with E-state index in [0.29, 0.717) is 13.1 Å². The van der Waals surface area contributed by atoms with Crippen LogP contribution in [0.25, 0.3) is 11.8 Å². The second kappa shape index (κ2) is 9.90. The summed E-state index contributed by atoms with van der Waals surface area (Å²) in [6.07, 6.45) is 4.93. The van der Waals surface area contributed by atoms with E-state index in [0.717, 1.165) is 41.0 Å². The van der Waals surface area contributed by atoms with E-state index in [1.54, 1.807) is 47.2 Å². The summed E-state index contributed by atoms with van der Waals surface area (Å²) in [5.74, 6) is -0.591. The van der Waals surface area contributed by atoms with E-state index < -0.39 is 10.0 Å². The van der Waals surface area contributed by atoms with Crippen LogP contribution in [0.4, 0.5) is 4.39 Å². The van der Waals surface area contributed by atoms with Gasteiger partial charge in [-0.05, 0) is 74.7 Å². The number of carbonyl (C=O) groups excluding carboxylic acids is 1. The van der Waals surface area contributed by atoms with Gasteiger partial charge in [-0.1, -0.05) is 12.1 Å². The van der Waals surface area contributed by atoms with Crippen molar-refractivity contribution in [1.82, 2.24) is 19.4 Å². The maximum atomic E-state index is 13.2. The summed E-state index contributed by atoms with van der Waals surface area (Å²) in [7, 11) is -3.45. The Balaban J connectivity index is 1.38. The molecule has 1 amide bonds. The summed E-state index contributed by atoms with van der Waals surface area (Å²) in [6.45, 7) is 5.14. The molecule has 34 heavy (non-hydrogen) atoms. The fraction of sp³-hybridized carbons (Fsp3) is 0.280. The van der Waals surface area contributed by atoms with Gasteiger partial charge in [0.05, 0.1) is 16.3 Å². The molecule has 7 nitrogen and oxygen atoms in total. The Morgan fingerprint density at radius 2 is 1.71 bits per heavy atom. The summed E-state index contributed by atoms with van der Waals surface area (Å²) in [6, 6.07) is 12.7. The highest BCUT2D eigenvalue weighted by Crippen LogP contribution is 2.21. The van der Waals surface area contributed by atoms with Crippen molar-refractivity contribution in [2.45, 2.75) is 38.1 Å². The molecular formula is C25H27FN4O3S. The minimum atomic E-state index is -3.45. The van der Waals surface area contributed by atoms with E-state index >= 15 is 0 Å². The van der Waals surface area contributed by atoms with Crippen molar-refractivity contribution >= 4 is 22.0 Å². The second-order valence-corrected chi connectivity index (χ2v) is 10.2. The van der Waals surface area contributed by atoms with Crippen LogP contribution in [0.1, 0.15) is 35.4 Å². The van der Waals surface area contributed by atoms with Crippen molar-refractivity contribution in [3.8, 4) is 5.69 Å². The monoisotopic (exact) mass is 482 g/mol. The molecule has 0 aliphatic carbocycles. The highest BCUT2D eigenvalue weighted by atomic mass is 32.2. The van der Waals surface area contributed by atoms with Gasteiger partial charge in [-0.3, -0.25) is 4.79 Å². The maximum Gasteiger partial charge on any atom is 0.244 e. The molecular weight excluding hydrogens is 455 g/mol. The van der Waals surface area contributed by atoms with Crippen molar-refractivity contribution in [1.29, 1.82) is 0 Å². The lowest BCUT2D eigenvalue weighted by Gasteiger charge is -2.15. The van der Waals surface area contributed by atoms with Gasteiger partial charge in [0.1, 0.15) is 5.82 Å². The van der Waals surface area contributed by atoms with Crippen LogP contribution >= 0.6 is 0 Å². The largest absolute Gasteiger partial charge is 0.348 e. The number of halogens is 1. The molecule has 2 heterocycles. The molecule has 0 unspecified atom stereocenters. The third-order valence-electron chi connectivity index (χ3n) is 5.91. The van der Waals surface area contributed by atoms with Crippen LogP contribution in [0.5, 0.6) is 0 Å². The summed E-state index contributed by atoms with van der Waals surface area (Å²) in [5.41, 5.74) is 3.94. The number of nitrogens with one attached hydrogen (secondary N) is 1. The van der Waals surface area contributed by atoms with Crippen LogP contribution < -0.4 is 5.32 Å². The van der Waals surface area contributed by atoms with Gasteiger partial charge in [0.15, 0.2) is 0 Å². The fourth-order valence-corrected chi connectivity index (χ4v) is 5.51. The standard InChI is InChI=1S/C25H27FN4O3S/c1-18-24(19(2)30(28-18)22-9-7-21(26)8-10-22)13-14-25(31)27-17-20-5-11-23(12-6-20)34(32,33)29-15-3-4-16-29/h5-14H,3-4,15-17H2,1-2H3,(H,27,31). The summed E-state index contributed by atoms with van der Waals surface area (Å²) < 4.78 is 41.7. The number of benzene rings is 2. The van der Waals surface area contributed by atoms with Crippen LogP contribution in [0, 0.1) is 19.7 Å². The number of carbonyl (C=O) groups is 1. The second-order valence-electron chi connectivity index (χ2n) is 8.28. The van der Waals surface area contributed by atoms with Crippen LogP contribution in [0.15, 0.2) is 59.5 Å². The van der Waals surface area contributed by atoms with Gasteiger partial charge in [-0.15, -0.1) is 0 Å². The van der Waals surface area contributed by atoms with Gasteiger partial charge in [-0.25, -0.2) is 17.5 Å². The Hall–Kier alpha value is -3.30. The lowest BCUT2D eigenvalue weighted by atomic mass is 10.1. The van der Waals surface area contributed by atoms with Gasteiger partial charge < -0.3 is 5.32 Å². The van der Waals surface area contributed by atoms with Crippen molar-refractivity contribution in [2.75, 3.05) is 13.1 Å². The summed E-state index contributed by atoms with van der Waals surface area (Å²) in [4.78, 5) is 12.6. The molecule has 2 aromatic carbocycles. The molecule has 0 radical (unpaired) electrons. The minimum Gasteiger partial charge on any atom is -0.348 e. The van der Waals surface area contributed by atoms with Crippen LogP contribution in [-0.2, 0) is 21.4 Å². The van der Waals surface area contributed by atoms with E-state index in [2.05, 4.69) is 10.4 Å². The Bertz CT molecular complexity index is 1310. The lowest BCUT2D eigenvalue weighted by Crippen LogP contribution is -2.27. The number of aromatic nitrogens is 2. The van der Waals surface area contributed by atoms with E-state index in [1.165, 1.54) is 22.5 Å². The molecule has 0 spiro atoms. The summed E-state index contributed by atoms with van der Waals surface area (Å²) in [5, 5.41) is 7.31. The molecule has 0 saturated carbocycles. The first-order chi connectivity index (χ1) is 16.3. The highest BCUT2D eigenvalue weighted by Gasteiger charge is 2.26. The minimum absolute atomic E-state index is 0.272. The average Bonchev–Trinajstić information content (AvgIpc) is 3.46. The van der Waals surface area contributed by atoms with Crippen molar-refractivity contribution in [3.05, 3.63) is 82.9 Å². The molecule has 9 heteroatoms. The molecule has 1 aliphatic heterocycles. The first kappa shape index (κ1) is 23.8. The van der Waals surface area contributed by atoms with Crippen LogP contribution in [0.2, 0.25) is 0 Å². The number of amides is 1. The van der Waals surface area contributed by atoms with Crippen LogP contribution in [0.3, 0.4) is 0 Å². The van der Waals surface area contributed by atoms with Gasteiger partial charge in [0.2, 0.25) is 15.9 Å². The van der Waals surface area contributed by atoms with E-state index in [-0.39, 0.29) is 23.2 Å². The molecule has 1 aromatic heterocycles. The first-order valence-corrected chi connectivity index (χ1v) is 12.6. The number of hydrogen-bond donors (Lipinski definition) is 1. The Morgan fingerprint density at radius 1 is 1.06 bits per heavy atom. The Labute approximate surface area is 199 Å². The topological polar surface area (TPSA) is 84.3 Å². The highest BCUT2D eigenvalue weighted by molar-refractivity contribution is 7.89. The van der Waals surface area contributed by atoms with Gasteiger partial charge in [0.25, 0.3) is 0 Å². The zero-order valence-corrected chi connectivity index (χ0v) is 20.0. The lowest BCUT2D eigenvalue weighted by molar-refractivity contribution is -0.116. The molecule has 0 bridgehead atoms. The van der Waals surface area contributed by atoms with Gasteiger partial charge in [-0.2, -0.15) is 9.40 Å². The summed E-state index contributed by atoms with van der Waals surface area (Å²) >= 11 is 0. The molecule has 1 N–H and O–H groups in total. The maximum absolute atomic E-state index is 13.2. The molecule has 0 atom stereocenters. The number of hydrogen-bond acceptors (Lipinski definition) is 4. The number of aryl methyl sites for hydroxylation is 1. The van der Waals surface area contributed by atoms with E-state index in [1.807, 2.05) is 13.8 Å². The number of rotatable bonds is 7. The number of sulfonamides is 1. The normalized spacial score (nSPS) is 14.7. The molecule has 1 aliphatic rings. The zero-order valence-electron chi connectivity index (χ0n) is 19.2. The average molecular weight is 483 g/mol. The van der Waals surface area contributed by atoms with Crippen LogP contribution in [-0.4, -0.2) is 41.5 Å². The van der Waals surface area contributed by atoms with Crippen molar-refractivity contribution in [3.63, 3.8) is 0 Å². The Morgan fingerprint density at radius 3 is 2.35 bits per heavy atom. The fourth-order valence-electron chi connectivity index (χ4n) is 3.99. The van der Waals surface area contributed by atoms with E-state index in [9.17, 15) is 17.6 Å². The smallest absolute Gasteiger partial charge is 0.244 e. The van der Waals surface area contributed by atoms with Crippen molar-refractivity contribution in [2.24, 2.45) is 0 Å². The predicted molar refractivity (Wildman–Crippen MR) is 128 cm³/mol. The number of nitrogens with zero attached hydrogens (tertiary/aromatic N) is 3. The first-order valence-electron chi connectivity index (χ1n) is 11.1. The third-order valence-corrected chi connectivity index (χ3v) is 7.83.